The predicted octanol–water partition coefficient (Wildman–Crippen LogP) is 4.34. The first-order valence-corrected chi connectivity index (χ1v) is 20.1. The van der Waals surface area contributed by atoms with Gasteiger partial charge in [0, 0.05) is 80.7 Å². The molecule has 1 atom stereocenters. The van der Waals surface area contributed by atoms with Crippen LogP contribution in [0.15, 0.2) is 67.1 Å². The van der Waals surface area contributed by atoms with Crippen LogP contribution in [0, 0.1) is 11.6 Å². The number of fused-ring (bicyclic) bond motifs is 2. The summed E-state index contributed by atoms with van der Waals surface area (Å²) in [5.41, 5.74) is 4.29. The van der Waals surface area contributed by atoms with Crippen molar-refractivity contribution < 1.29 is 37.5 Å². The molecule has 0 radical (unpaired) electrons. The van der Waals surface area contributed by atoms with Crippen LogP contribution in [0.1, 0.15) is 64.4 Å². The van der Waals surface area contributed by atoms with E-state index in [1.807, 2.05) is 26.7 Å². The Morgan fingerprint density at radius 3 is 2.40 bits per heavy atom. The highest BCUT2D eigenvalue weighted by atomic mass is 19.1. The van der Waals surface area contributed by atoms with Crippen LogP contribution in [0.25, 0.3) is 33.4 Å². The van der Waals surface area contributed by atoms with Gasteiger partial charge in [-0.15, -0.1) is 0 Å². The van der Waals surface area contributed by atoms with E-state index in [0.29, 0.717) is 92.3 Å². The number of anilines is 1. The van der Waals surface area contributed by atoms with Crippen molar-refractivity contribution >= 4 is 46.3 Å². The third-order valence-corrected chi connectivity index (χ3v) is 11.7. The minimum Gasteiger partial charge on any atom is -0.385 e. The summed E-state index contributed by atoms with van der Waals surface area (Å²) in [7, 11) is 0. The zero-order valence-electron chi connectivity index (χ0n) is 32.5. The number of halogens is 2. The van der Waals surface area contributed by atoms with Gasteiger partial charge in [0.2, 0.25) is 17.7 Å². The third-order valence-electron chi connectivity index (χ3n) is 11.7. The molecule has 3 fully saturated rings. The number of nitrogens with one attached hydrogen (secondary N) is 2. The Balaban J connectivity index is 0.799. The molecule has 2 N–H and O–H groups in total. The number of likely N-dealkylation sites (tertiary alicyclic amines) is 1. The molecule has 308 valence electrons. The summed E-state index contributed by atoms with van der Waals surface area (Å²) < 4.78 is 38.0. The van der Waals surface area contributed by atoms with E-state index in [1.54, 1.807) is 36.7 Å². The van der Waals surface area contributed by atoms with Gasteiger partial charge in [0.15, 0.2) is 0 Å². The number of carbonyl (C=O) groups is 5. The van der Waals surface area contributed by atoms with E-state index < -0.39 is 41.3 Å². The lowest BCUT2D eigenvalue weighted by molar-refractivity contribution is -0.136. The second kappa shape index (κ2) is 16.3. The molecule has 17 heteroatoms. The number of morpholine rings is 1. The van der Waals surface area contributed by atoms with Crippen molar-refractivity contribution in [3.63, 3.8) is 0 Å². The Kier molecular flexibility index (Phi) is 10.6. The molecule has 0 aliphatic carbocycles. The number of ether oxygens (including phenoxy) is 1. The molecule has 4 aliphatic heterocycles. The molecule has 5 amide bonds. The molecule has 0 spiro atoms. The Morgan fingerprint density at radius 2 is 1.63 bits per heavy atom. The Bertz CT molecular complexity index is 2530. The van der Waals surface area contributed by atoms with Gasteiger partial charge in [0.05, 0.1) is 59.5 Å². The predicted molar refractivity (Wildman–Crippen MR) is 213 cm³/mol. The average Bonchev–Trinajstić information content (AvgIpc) is 3.85. The van der Waals surface area contributed by atoms with Crippen LogP contribution >= 0.6 is 0 Å². The Hall–Kier alpha value is -6.46. The molecule has 3 saturated heterocycles. The topological polar surface area (TPSA) is 172 Å². The summed E-state index contributed by atoms with van der Waals surface area (Å²) in [5, 5.41) is 9.99. The number of aromatic nitrogens is 4. The minimum atomic E-state index is -1.04. The van der Waals surface area contributed by atoms with Crippen molar-refractivity contribution in [2.45, 2.75) is 50.7 Å². The highest BCUT2D eigenvalue weighted by Crippen LogP contribution is 2.33. The number of hydrogen-bond donors (Lipinski definition) is 2. The number of piperidine rings is 2. The van der Waals surface area contributed by atoms with Crippen LogP contribution in [-0.2, 0) is 25.7 Å². The summed E-state index contributed by atoms with van der Waals surface area (Å²) in [6.07, 6.45) is 7.00. The van der Waals surface area contributed by atoms with E-state index in [9.17, 15) is 24.0 Å². The fraction of sp³-hybridized carbons (Fsp3) is 0.349. The lowest BCUT2D eigenvalue weighted by atomic mass is 10.0. The monoisotopic (exact) mass is 817 g/mol. The minimum absolute atomic E-state index is 0.0210. The van der Waals surface area contributed by atoms with Gasteiger partial charge in [-0.2, -0.15) is 5.10 Å². The standard InChI is InChI=1S/C43H41F2N9O6/c44-33-18-25(19-34(45)32(33)24-51-14-16-60-17-15-51)29-2-1-3-35-40(29)49-36(22-47-35)26-21-48-53(23-26)28-9-12-52(13-10-28)39(56)8-11-46-27-4-5-30-31(20-27)43(59)54(42(30)58)37-6-7-38(55)50-41(37)57/h1-5,18-23,28,37,46H,6-17,24H2,(H,50,55,57). The molecule has 15 nitrogen and oxygen atoms in total. The number of amides is 5. The molecule has 2 aromatic heterocycles. The van der Waals surface area contributed by atoms with E-state index in [4.69, 9.17) is 9.72 Å². The first-order chi connectivity index (χ1) is 29.1. The molecular weight excluding hydrogens is 777 g/mol. The third kappa shape index (κ3) is 7.61. The lowest BCUT2D eigenvalue weighted by Gasteiger charge is -2.32. The van der Waals surface area contributed by atoms with Crippen molar-refractivity contribution in [2.24, 2.45) is 0 Å². The summed E-state index contributed by atoms with van der Waals surface area (Å²) in [6, 6.07) is 11.8. The molecule has 0 bridgehead atoms. The number of para-hydroxylation sites is 1. The molecule has 1 unspecified atom stereocenters. The van der Waals surface area contributed by atoms with Crippen LogP contribution in [0.3, 0.4) is 0 Å². The van der Waals surface area contributed by atoms with Crippen LogP contribution in [0.2, 0.25) is 0 Å². The first-order valence-electron chi connectivity index (χ1n) is 20.1. The van der Waals surface area contributed by atoms with E-state index in [0.717, 1.165) is 10.5 Å². The molecule has 9 rings (SSSR count). The summed E-state index contributed by atoms with van der Waals surface area (Å²) >= 11 is 0. The zero-order valence-corrected chi connectivity index (χ0v) is 32.5. The maximum Gasteiger partial charge on any atom is 0.262 e. The van der Waals surface area contributed by atoms with Gasteiger partial charge in [0.1, 0.15) is 17.7 Å². The van der Waals surface area contributed by atoms with Gasteiger partial charge < -0.3 is 15.0 Å². The molecular formula is C43H41F2N9O6. The van der Waals surface area contributed by atoms with Crippen LogP contribution in [-0.4, -0.2) is 116 Å². The average molecular weight is 818 g/mol. The number of benzene rings is 3. The molecule has 6 heterocycles. The second-order valence-electron chi connectivity index (χ2n) is 15.4. The molecule has 0 saturated carbocycles. The first kappa shape index (κ1) is 39.0. The number of rotatable bonds is 10. The number of imide groups is 2. The number of carbonyl (C=O) groups excluding carboxylic acids is 5. The van der Waals surface area contributed by atoms with Crippen LogP contribution in [0.5, 0.6) is 0 Å². The smallest absolute Gasteiger partial charge is 0.262 e. The van der Waals surface area contributed by atoms with Crippen molar-refractivity contribution in [1.82, 2.24) is 39.8 Å². The van der Waals surface area contributed by atoms with Gasteiger partial charge in [-0.25, -0.2) is 13.8 Å². The van der Waals surface area contributed by atoms with Crippen LogP contribution < -0.4 is 10.6 Å². The van der Waals surface area contributed by atoms with E-state index in [-0.39, 0.29) is 54.4 Å². The Morgan fingerprint density at radius 1 is 0.867 bits per heavy atom. The molecule has 3 aromatic carbocycles. The van der Waals surface area contributed by atoms with Crippen LogP contribution in [0.4, 0.5) is 14.5 Å². The maximum atomic E-state index is 15.4. The molecule has 60 heavy (non-hydrogen) atoms. The number of hydrogen-bond acceptors (Lipinski definition) is 11. The zero-order chi connectivity index (χ0) is 41.5. The molecule has 5 aromatic rings. The normalized spacial score (nSPS) is 18.9. The van der Waals surface area contributed by atoms with Gasteiger partial charge in [0.25, 0.3) is 11.8 Å². The lowest BCUT2D eigenvalue weighted by Crippen LogP contribution is -2.54. The highest BCUT2D eigenvalue weighted by molar-refractivity contribution is 6.23. The second-order valence-corrected chi connectivity index (χ2v) is 15.4. The van der Waals surface area contributed by atoms with Crippen molar-refractivity contribution in [3.8, 4) is 22.4 Å². The largest absolute Gasteiger partial charge is 0.385 e. The van der Waals surface area contributed by atoms with Gasteiger partial charge in [-0.05, 0) is 61.2 Å². The van der Waals surface area contributed by atoms with E-state index in [2.05, 4.69) is 20.7 Å². The summed E-state index contributed by atoms with van der Waals surface area (Å²) in [6.45, 7) is 3.86. The Labute approximate surface area is 342 Å². The van der Waals surface area contributed by atoms with Crippen molar-refractivity contribution in [3.05, 3.63) is 95.4 Å². The van der Waals surface area contributed by atoms with Gasteiger partial charge >= 0.3 is 0 Å². The molecule has 4 aliphatic rings. The van der Waals surface area contributed by atoms with Gasteiger partial charge in [-0.3, -0.25) is 48.8 Å². The van der Waals surface area contributed by atoms with E-state index >= 15 is 8.78 Å². The highest BCUT2D eigenvalue weighted by Gasteiger charge is 2.44. The van der Waals surface area contributed by atoms with E-state index in [1.165, 1.54) is 18.2 Å². The summed E-state index contributed by atoms with van der Waals surface area (Å²) in [5.74, 6) is -3.52. The fourth-order valence-corrected chi connectivity index (χ4v) is 8.40. The quantitative estimate of drug-likeness (QED) is 0.192. The van der Waals surface area contributed by atoms with Crippen molar-refractivity contribution in [2.75, 3.05) is 51.3 Å². The SMILES string of the molecule is O=C1CCC(N2C(=O)c3ccc(NCCC(=O)N4CCC(n5cc(-c6cnc7cccc(-c8cc(F)c(CN9CCOCC9)c(F)c8)c7n6)cn5)CC4)cc3C2=O)C(=O)N1. The number of nitrogens with zero attached hydrogens (tertiary/aromatic N) is 7. The maximum absolute atomic E-state index is 15.4. The summed E-state index contributed by atoms with van der Waals surface area (Å²) in [4.78, 5) is 77.5. The van der Waals surface area contributed by atoms with Crippen molar-refractivity contribution in [1.29, 1.82) is 0 Å². The van der Waals surface area contributed by atoms with Gasteiger partial charge in [-0.1, -0.05) is 12.1 Å². The fourth-order valence-electron chi connectivity index (χ4n) is 8.40.